The second kappa shape index (κ2) is 5.46. The zero-order valence-electron chi connectivity index (χ0n) is 11.5. The van der Waals surface area contributed by atoms with E-state index in [4.69, 9.17) is 0 Å². The third-order valence-corrected chi connectivity index (χ3v) is 3.61. The molecule has 0 bridgehead atoms. The summed E-state index contributed by atoms with van der Waals surface area (Å²) < 4.78 is 39.4. The Kier molecular flexibility index (Phi) is 4.06. The van der Waals surface area contributed by atoms with E-state index in [1.54, 1.807) is 0 Å². The van der Waals surface area contributed by atoms with Gasteiger partial charge in [-0.1, -0.05) is 19.8 Å². The molecule has 1 aromatic heterocycles. The Labute approximate surface area is 115 Å². The number of nitrogens with one attached hydrogen (secondary N) is 1. The van der Waals surface area contributed by atoms with Gasteiger partial charge in [0.25, 0.3) is 5.91 Å². The number of alkyl halides is 3. The summed E-state index contributed by atoms with van der Waals surface area (Å²) in [5.74, 6) is -0.199. The fourth-order valence-corrected chi connectivity index (χ4v) is 2.69. The van der Waals surface area contributed by atoms with Gasteiger partial charge in [0, 0.05) is 19.3 Å². The lowest BCUT2D eigenvalue weighted by molar-refractivity contribution is -0.141. The summed E-state index contributed by atoms with van der Waals surface area (Å²) in [5, 5.41) is 6.04. The molecule has 2 unspecified atom stereocenters. The van der Waals surface area contributed by atoms with E-state index in [9.17, 15) is 18.0 Å². The largest absolute Gasteiger partial charge is 0.435 e. The van der Waals surface area contributed by atoms with Crippen molar-refractivity contribution in [2.45, 2.75) is 44.8 Å². The molecular formula is C13H18F3N3O. The molecule has 1 fully saturated rings. The predicted molar refractivity (Wildman–Crippen MR) is 67.1 cm³/mol. The number of carbonyl (C=O) groups is 1. The monoisotopic (exact) mass is 289 g/mol. The second-order valence-electron chi connectivity index (χ2n) is 5.50. The molecule has 0 aliphatic heterocycles. The summed E-state index contributed by atoms with van der Waals surface area (Å²) in [6, 6.07) is -0.0486. The zero-order chi connectivity index (χ0) is 14.9. The van der Waals surface area contributed by atoms with Gasteiger partial charge in [0.15, 0.2) is 5.69 Å². The van der Waals surface area contributed by atoms with Gasteiger partial charge in [-0.2, -0.15) is 18.3 Å². The van der Waals surface area contributed by atoms with E-state index in [0.717, 1.165) is 36.6 Å². The number of amides is 1. The minimum Gasteiger partial charge on any atom is -0.349 e. The number of nitrogens with zero attached hydrogens (tertiary/aromatic N) is 2. The Morgan fingerprint density at radius 3 is 2.75 bits per heavy atom. The summed E-state index contributed by atoms with van der Waals surface area (Å²) in [7, 11) is 1.37. The standard InChI is InChI=1S/C13H18F3N3O/c1-8-4-3-5-9(6-8)17-12(20)10-7-19(2)18-11(10)13(14,15)16/h7-9H,3-6H2,1-2H3,(H,17,20). The molecule has 2 atom stereocenters. The first-order valence-corrected chi connectivity index (χ1v) is 6.69. The van der Waals surface area contributed by atoms with Crippen LogP contribution in [0.3, 0.4) is 0 Å². The molecule has 1 aromatic rings. The zero-order valence-corrected chi connectivity index (χ0v) is 11.5. The van der Waals surface area contributed by atoms with E-state index in [2.05, 4.69) is 17.3 Å². The molecule has 0 saturated heterocycles. The van der Waals surface area contributed by atoms with Crippen LogP contribution in [0.5, 0.6) is 0 Å². The van der Waals surface area contributed by atoms with Crippen LogP contribution in [0.15, 0.2) is 6.20 Å². The maximum atomic E-state index is 12.8. The molecule has 0 aromatic carbocycles. The maximum Gasteiger partial charge on any atom is 0.435 e. The molecule has 1 N–H and O–H groups in total. The number of halogens is 3. The number of rotatable bonds is 2. The van der Waals surface area contributed by atoms with E-state index >= 15 is 0 Å². The van der Waals surface area contributed by atoms with Gasteiger partial charge in [0.05, 0.1) is 5.56 Å². The van der Waals surface area contributed by atoms with Crippen molar-refractivity contribution in [3.63, 3.8) is 0 Å². The third kappa shape index (κ3) is 3.32. The summed E-state index contributed by atoms with van der Waals surface area (Å²) >= 11 is 0. The Morgan fingerprint density at radius 1 is 1.45 bits per heavy atom. The highest BCUT2D eigenvalue weighted by atomic mass is 19.4. The Morgan fingerprint density at radius 2 is 2.15 bits per heavy atom. The van der Waals surface area contributed by atoms with Crippen LogP contribution in [0.25, 0.3) is 0 Å². The van der Waals surface area contributed by atoms with E-state index in [1.165, 1.54) is 7.05 Å². The van der Waals surface area contributed by atoms with Crippen molar-refractivity contribution in [3.05, 3.63) is 17.5 Å². The van der Waals surface area contributed by atoms with Crippen LogP contribution in [0.1, 0.15) is 48.7 Å². The fraction of sp³-hybridized carbons (Fsp3) is 0.692. The lowest BCUT2D eigenvalue weighted by Gasteiger charge is -2.27. The lowest BCUT2D eigenvalue weighted by Crippen LogP contribution is -2.38. The molecular weight excluding hydrogens is 271 g/mol. The first kappa shape index (κ1) is 14.9. The highest BCUT2D eigenvalue weighted by Crippen LogP contribution is 2.31. The average molecular weight is 289 g/mol. The van der Waals surface area contributed by atoms with Crippen molar-refractivity contribution in [1.82, 2.24) is 15.1 Å². The highest BCUT2D eigenvalue weighted by molar-refractivity contribution is 5.95. The Hall–Kier alpha value is -1.53. The number of hydrogen-bond donors (Lipinski definition) is 1. The summed E-state index contributed by atoms with van der Waals surface area (Å²) in [6.07, 6.45) is 0.224. The first-order valence-electron chi connectivity index (χ1n) is 6.69. The van der Waals surface area contributed by atoms with Gasteiger partial charge in [-0.3, -0.25) is 9.48 Å². The van der Waals surface area contributed by atoms with E-state index in [-0.39, 0.29) is 6.04 Å². The molecule has 1 heterocycles. The molecule has 2 rings (SSSR count). The number of hydrogen-bond acceptors (Lipinski definition) is 2. The molecule has 20 heavy (non-hydrogen) atoms. The minimum atomic E-state index is -4.62. The van der Waals surface area contributed by atoms with Crippen LogP contribution in [0, 0.1) is 5.92 Å². The van der Waals surface area contributed by atoms with Crippen LogP contribution >= 0.6 is 0 Å². The normalized spacial score (nSPS) is 23.6. The molecule has 0 radical (unpaired) electrons. The van der Waals surface area contributed by atoms with E-state index in [1.807, 2.05) is 0 Å². The van der Waals surface area contributed by atoms with Crippen LogP contribution in [0.2, 0.25) is 0 Å². The topological polar surface area (TPSA) is 46.9 Å². The van der Waals surface area contributed by atoms with Crippen LogP contribution in [-0.2, 0) is 13.2 Å². The Bertz CT molecular complexity index is 496. The quantitative estimate of drug-likeness (QED) is 0.910. The molecule has 0 spiro atoms. The minimum absolute atomic E-state index is 0.0486. The average Bonchev–Trinajstić information content (AvgIpc) is 2.71. The van der Waals surface area contributed by atoms with Crippen molar-refractivity contribution in [1.29, 1.82) is 0 Å². The SMILES string of the molecule is CC1CCCC(NC(=O)c2cn(C)nc2C(F)(F)F)C1. The van der Waals surface area contributed by atoms with Gasteiger partial charge in [-0.05, 0) is 18.8 Å². The summed E-state index contributed by atoms with van der Waals surface area (Å²) in [4.78, 5) is 12.0. The summed E-state index contributed by atoms with van der Waals surface area (Å²) in [6.45, 7) is 2.09. The van der Waals surface area contributed by atoms with E-state index in [0.29, 0.717) is 5.92 Å². The number of carbonyl (C=O) groups excluding carboxylic acids is 1. The van der Waals surface area contributed by atoms with Gasteiger partial charge >= 0.3 is 6.18 Å². The van der Waals surface area contributed by atoms with Crippen molar-refractivity contribution in [2.75, 3.05) is 0 Å². The molecule has 1 amide bonds. The molecule has 7 heteroatoms. The molecule has 112 valence electrons. The molecule has 1 saturated carbocycles. The molecule has 1 aliphatic carbocycles. The van der Waals surface area contributed by atoms with Crippen molar-refractivity contribution < 1.29 is 18.0 Å². The van der Waals surface area contributed by atoms with Crippen molar-refractivity contribution in [2.24, 2.45) is 13.0 Å². The molecule has 1 aliphatic rings. The van der Waals surface area contributed by atoms with Crippen molar-refractivity contribution >= 4 is 5.91 Å². The second-order valence-corrected chi connectivity index (χ2v) is 5.50. The predicted octanol–water partition coefficient (Wildman–Crippen LogP) is 2.75. The van der Waals surface area contributed by atoms with Gasteiger partial charge < -0.3 is 5.32 Å². The third-order valence-electron chi connectivity index (χ3n) is 3.61. The highest BCUT2D eigenvalue weighted by Gasteiger charge is 2.39. The van der Waals surface area contributed by atoms with Gasteiger partial charge in [0.1, 0.15) is 0 Å². The number of aryl methyl sites for hydroxylation is 1. The molecule has 4 nitrogen and oxygen atoms in total. The first-order chi connectivity index (χ1) is 9.27. The Balaban J connectivity index is 2.13. The fourth-order valence-electron chi connectivity index (χ4n) is 2.69. The van der Waals surface area contributed by atoms with E-state index < -0.39 is 23.3 Å². The van der Waals surface area contributed by atoms with Crippen molar-refractivity contribution in [3.8, 4) is 0 Å². The smallest absolute Gasteiger partial charge is 0.349 e. The van der Waals surface area contributed by atoms with Gasteiger partial charge in [0.2, 0.25) is 0 Å². The van der Waals surface area contributed by atoms with Gasteiger partial charge in [-0.25, -0.2) is 0 Å². The summed E-state index contributed by atoms with van der Waals surface area (Å²) in [5.41, 5.74) is -1.53. The van der Waals surface area contributed by atoms with Crippen LogP contribution in [0.4, 0.5) is 13.2 Å². The lowest BCUT2D eigenvalue weighted by atomic mass is 9.87. The number of aromatic nitrogens is 2. The maximum absolute atomic E-state index is 12.8. The van der Waals surface area contributed by atoms with Crippen LogP contribution < -0.4 is 5.32 Å². The van der Waals surface area contributed by atoms with Crippen LogP contribution in [-0.4, -0.2) is 21.7 Å². The van der Waals surface area contributed by atoms with Gasteiger partial charge in [-0.15, -0.1) is 0 Å².